The van der Waals surface area contributed by atoms with E-state index in [1.54, 1.807) is 0 Å². The van der Waals surface area contributed by atoms with Crippen LogP contribution < -0.4 is 5.32 Å². The number of nitrogens with zero attached hydrogens (tertiary/aromatic N) is 2. The second-order valence-electron chi connectivity index (χ2n) is 6.98. The number of imidazole rings is 1. The highest BCUT2D eigenvalue weighted by Gasteiger charge is 2.25. The summed E-state index contributed by atoms with van der Waals surface area (Å²) in [6.07, 6.45) is 2.17. The summed E-state index contributed by atoms with van der Waals surface area (Å²) in [7, 11) is 0. The fourth-order valence-corrected chi connectivity index (χ4v) is 4.05. The van der Waals surface area contributed by atoms with Crippen molar-refractivity contribution in [2.75, 3.05) is 5.32 Å². The van der Waals surface area contributed by atoms with Crippen LogP contribution in [0.1, 0.15) is 22.7 Å². The molecule has 0 bridgehead atoms. The molecule has 1 aromatic heterocycles. The number of aryl methyl sites for hydroxylation is 1. The first-order chi connectivity index (χ1) is 13.6. The molecule has 3 nitrogen and oxygen atoms in total. The van der Waals surface area contributed by atoms with E-state index in [0.29, 0.717) is 4.47 Å². The summed E-state index contributed by atoms with van der Waals surface area (Å²) < 4.78 is 16.5. The first kappa shape index (κ1) is 17.2. The number of rotatable bonds is 2. The maximum atomic E-state index is 13.8. The molecular weight excluding hydrogens is 417 g/mol. The van der Waals surface area contributed by atoms with E-state index >= 15 is 0 Å². The topological polar surface area (TPSA) is 29.9 Å². The number of anilines is 1. The van der Waals surface area contributed by atoms with Crippen LogP contribution >= 0.6 is 15.9 Å². The Balaban J connectivity index is 1.72. The van der Waals surface area contributed by atoms with Crippen LogP contribution in [0.2, 0.25) is 0 Å². The molecule has 0 fully saturated rings. The molecule has 4 aromatic rings. The predicted octanol–water partition coefficient (Wildman–Crippen LogP) is 6.30. The van der Waals surface area contributed by atoms with Crippen LogP contribution in [0.5, 0.6) is 0 Å². The largest absolute Gasteiger partial charge is 0.325 e. The normalized spacial score (nSPS) is 15.8. The maximum Gasteiger partial charge on any atom is 0.209 e. The molecule has 2 heterocycles. The van der Waals surface area contributed by atoms with Crippen LogP contribution in [0.15, 0.2) is 77.3 Å². The van der Waals surface area contributed by atoms with Crippen molar-refractivity contribution in [2.45, 2.75) is 13.0 Å². The fraction of sp³-hybridized carbons (Fsp3) is 0.0870. The number of hydrogen-bond acceptors (Lipinski definition) is 2. The summed E-state index contributed by atoms with van der Waals surface area (Å²) in [4.78, 5) is 4.79. The third-order valence-electron chi connectivity index (χ3n) is 5.09. The average molecular weight is 434 g/mol. The van der Waals surface area contributed by atoms with Crippen LogP contribution in [0.4, 0.5) is 10.3 Å². The maximum absolute atomic E-state index is 13.8. The molecule has 0 saturated heterocycles. The van der Waals surface area contributed by atoms with Crippen LogP contribution in [-0.4, -0.2) is 9.55 Å². The van der Waals surface area contributed by atoms with Crippen molar-refractivity contribution in [3.8, 4) is 0 Å². The zero-order valence-corrected chi connectivity index (χ0v) is 16.7. The highest BCUT2D eigenvalue weighted by molar-refractivity contribution is 9.10. The highest BCUT2D eigenvalue weighted by atomic mass is 79.9. The molecular formula is C23H17BrFN3. The fourth-order valence-electron chi connectivity index (χ4n) is 3.65. The number of halogens is 2. The van der Waals surface area contributed by atoms with E-state index in [0.717, 1.165) is 33.8 Å². The molecule has 1 aliphatic heterocycles. The van der Waals surface area contributed by atoms with Gasteiger partial charge in [0.1, 0.15) is 5.82 Å². The summed E-state index contributed by atoms with van der Waals surface area (Å²) in [6.45, 7) is 2.07. The molecule has 138 valence electrons. The average Bonchev–Trinajstić information content (AvgIpc) is 3.08. The van der Waals surface area contributed by atoms with Crippen LogP contribution in [0, 0.1) is 12.7 Å². The van der Waals surface area contributed by atoms with Crippen molar-refractivity contribution in [1.29, 1.82) is 0 Å². The summed E-state index contributed by atoms with van der Waals surface area (Å²) in [5.41, 5.74) is 6.25. The summed E-state index contributed by atoms with van der Waals surface area (Å²) >= 11 is 3.32. The lowest BCUT2D eigenvalue weighted by Crippen LogP contribution is -2.19. The van der Waals surface area contributed by atoms with Gasteiger partial charge in [0.25, 0.3) is 0 Å². The Morgan fingerprint density at radius 2 is 1.82 bits per heavy atom. The molecule has 5 rings (SSSR count). The molecule has 0 saturated carbocycles. The standard InChI is InChI=1S/C23H17BrFN3/c1-14-6-8-15(9-7-14)20-13-22(16-10-11-18(25)17(24)12-16)28-21-5-3-2-4-19(21)26-23(28)27-20/h2-13,22H,1H3,(H,26,27)/t22-/m0/s1. The molecule has 0 amide bonds. The van der Waals surface area contributed by atoms with Crippen LogP contribution in [0.25, 0.3) is 16.7 Å². The van der Waals surface area contributed by atoms with Gasteiger partial charge in [-0.15, -0.1) is 0 Å². The Morgan fingerprint density at radius 1 is 1.04 bits per heavy atom. The molecule has 1 atom stereocenters. The van der Waals surface area contributed by atoms with Crippen molar-refractivity contribution in [1.82, 2.24) is 9.55 Å². The summed E-state index contributed by atoms with van der Waals surface area (Å²) in [5, 5.41) is 3.48. The van der Waals surface area contributed by atoms with Crippen molar-refractivity contribution >= 4 is 38.6 Å². The van der Waals surface area contributed by atoms with E-state index in [1.165, 1.54) is 11.6 Å². The zero-order valence-electron chi connectivity index (χ0n) is 15.2. The highest BCUT2D eigenvalue weighted by Crippen LogP contribution is 2.37. The number of benzene rings is 3. The minimum atomic E-state index is -0.267. The van der Waals surface area contributed by atoms with Crippen LogP contribution in [0.3, 0.4) is 0 Å². The van der Waals surface area contributed by atoms with Gasteiger partial charge in [-0.2, -0.15) is 0 Å². The number of hydrogen-bond donors (Lipinski definition) is 1. The lowest BCUT2D eigenvalue weighted by Gasteiger charge is -2.27. The van der Waals surface area contributed by atoms with E-state index in [1.807, 2.05) is 30.3 Å². The molecule has 0 spiro atoms. The van der Waals surface area contributed by atoms with Crippen molar-refractivity contribution < 1.29 is 4.39 Å². The van der Waals surface area contributed by atoms with Gasteiger partial charge in [-0.3, -0.25) is 4.57 Å². The van der Waals surface area contributed by atoms with Gasteiger partial charge in [-0.25, -0.2) is 9.37 Å². The Labute approximate surface area is 170 Å². The van der Waals surface area contributed by atoms with Gasteiger partial charge in [-0.05, 0) is 64.3 Å². The lowest BCUT2D eigenvalue weighted by molar-refractivity contribution is 0.618. The molecule has 1 N–H and O–H groups in total. The van der Waals surface area contributed by atoms with Gasteiger partial charge < -0.3 is 5.32 Å². The Hall–Kier alpha value is -2.92. The van der Waals surface area contributed by atoms with Gasteiger partial charge >= 0.3 is 0 Å². The Bertz CT molecular complexity index is 1220. The quantitative estimate of drug-likeness (QED) is 0.401. The Kier molecular flexibility index (Phi) is 4.05. The van der Waals surface area contributed by atoms with Gasteiger partial charge in [0.05, 0.1) is 21.5 Å². The number of para-hydroxylation sites is 2. The van der Waals surface area contributed by atoms with Gasteiger partial charge in [-0.1, -0.05) is 48.0 Å². The third kappa shape index (κ3) is 2.83. The van der Waals surface area contributed by atoms with Crippen molar-refractivity contribution in [2.24, 2.45) is 0 Å². The molecule has 0 unspecified atom stereocenters. The minimum absolute atomic E-state index is 0.100. The molecule has 0 aliphatic carbocycles. The molecule has 1 aliphatic rings. The second kappa shape index (κ2) is 6.60. The van der Waals surface area contributed by atoms with Crippen molar-refractivity contribution in [3.63, 3.8) is 0 Å². The van der Waals surface area contributed by atoms with E-state index in [2.05, 4.69) is 69.1 Å². The Morgan fingerprint density at radius 3 is 2.61 bits per heavy atom. The molecule has 3 aromatic carbocycles. The second-order valence-corrected chi connectivity index (χ2v) is 7.84. The first-order valence-corrected chi connectivity index (χ1v) is 9.87. The van der Waals surface area contributed by atoms with E-state index < -0.39 is 0 Å². The summed E-state index contributed by atoms with van der Waals surface area (Å²) in [5.74, 6) is 0.515. The van der Waals surface area contributed by atoms with E-state index in [9.17, 15) is 4.39 Å². The van der Waals surface area contributed by atoms with Crippen molar-refractivity contribution in [3.05, 3.63) is 99.8 Å². The molecule has 5 heteroatoms. The smallest absolute Gasteiger partial charge is 0.209 e. The minimum Gasteiger partial charge on any atom is -0.325 e. The van der Waals surface area contributed by atoms with Crippen LogP contribution in [-0.2, 0) is 0 Å². The monoisotopic (exact) mass is 433 g/mol. The van der Waals surface area contributed by atoms with E-state index in [-0.39, 0.29) is 11.9 Å². The number of allylic oxidation sites excluding steroid dienone is 1. The summed E-state index contributed by atoms with van der Waals surface area (Å²) in [6, 6.07) is 21.5. The predicted molar refractivity (Wildman–Crippen MR) is 115 cm³/mol. The number of aromatic nitrogens is 2. The molecule has 28 heavy (non-hydrogen) atoms. The van der Waals surface area contributed by atoms with Gasteiger partial charge in [0, 0.05) is 5.70 Å². The van der Waals surface area contributed by atoms with Gasteiger partial charge in [0.15, 0.2) is 0 Å². The zero-order chi connectivity index (χ0) is 19.3. The molecule has 0 radical (unpaired) electrons. The first-order valence-electron chi connectivity index (χ1n) is 9.08. The number of nitrogens with one attached hydrogen (secondary N) is 1. The number of fused-ring (bicyclic) bond motifs is 3. The van der Waals surface area contributed by atoms with E-state index in [4.69, 9.17) is 4.98 Å². The third-order valence-corrected chi connectivity index (χ3v) is 5.70. The lowest BCUT2D eigenvalue weighted by atomic mass is 10.0. The van der Waals surface area contributed by atoms with Gasteiger partial charge in [0.2, 0.25) is 5.95 Å². The SMILES string of the molecule is Cc1ccc(C2=C[C@@H](c3ccc(F)c(Br)c3)n3c(nc4ccccc43)N2)cc1.